The lowest BCUT2D eigenvalue weighted by molar-refractivity contribution is 1.11. The number of anilines is 3. The zero-order chi connectivity index (χ0) is 14.1. The second-order valence-corrected chi connectivity index (χ2v) is 5.32. The van der Waals surface area contributed by atoms with Crippen LogP contribution in [0.1, 0.15) is 12.8 Å². The zero-order valence-corrected chi connectivity index (χ0v) is 11.6. The lowest BCUT2D eigenvalue weighted by atomic mass is 10.2. The lowest BCUT2D eigenvalue weighted by Gasteiger charge is -2.11. The van der Waals surface area contributed by atoms with Gasteiger partial charge in [-0.15, -0.1) is 0 Å². The van der Waals surface area contributed by atoms with Crippen molar-refractivity contribution in [3.8, 4) is 0 Å². The standard InChI is InChI=1S/C17H16N4/c1-2-6-12(7-3-1)19-17-20-15-9-5-4-8-14(15)16(21-17)18-13-10-11-13/h1-9,13H,10-11H2,(H2,18,19,20,21). The van der Waals surface area contributed by atoms with Crippen molar-refractivity contribution in [3.63, 3.8) is 0 Å². The van der Waals surface area contributed by atoms with Gasteiger partial charge in [-0.3, -0.25) is 0 Å². The zero-order valence-electron chi connectivity index (χ0n) is 11.6. The molecule has 2 N–H and O–H groups in total. The topological polar surface area (TPSA) is 49.8 Å². The Morgan fingerprint density at radius 3 is 2.43 bits per heavy atom. The van der Waals surface area contributed by atoms with E-state index < -0.39 is 0 Å². The number of nitrogens with one attached hydrogen (secondary N) is 2. The number of rotatable bonds is 4. The number of nitrogens with zero attached hydrogens (tertiary/aromatic N) is 2. The fraction of sp³-hybridized carbons (Fsp3) is 0.176. The summed E-state index contributed by atoms with van der Waals surface area (Å²) in [5, 5.41) is 7.83. The molecule has 4 rings (SSSR count). The van der Waals surface area contributed by atoms with Crippen molar-refractivity contribution in [2.75, 3.05) is 10.6 Å². The summed E-state index contributed by atoms with van der Waals surface area (Å²) in [6.07, 6.45) is 2.44. The van der Waals surface area contributed by atoms with E-state index in [1.54, 1.807) is 0 Å². The maximum atomic E-state index is 4.64. The summed E-state index contributed by atoms with van der Waals surface area (Å²) >= 11 is 0. The average Bonchev–Trinajstić information content (AvgIpc) is 3.32. The first-order valence-corrected chi connectivity index (χ1v) is 7.24. The molecule has 0 spiro atoms. The van der Waals surface area contributed by atoms with Crippen molar-refractivity contribution in [2.45, 2.75) is 18.9 Å². The summed E-state index contributed by atoms with van der Waals surface area (Å²) in [5.41, 5.74) is 1.94. The molecule has 0 aliphatic heterocycles. The van der Waals surface area contributed by atoms with Crippen LogP contribution in [-0.4, -0.2) is 16.0 Å². The monoisotopic (exact) mass is 276 g/mol. The van der Waals surface area contributed by atoms with Crippen molar-refractivity contribution in [3.05, 3.63) is 54.6 Å². The molecule has 4 nitrogen and oxygen atoms in total. The normalized spacial score (nSPS) is 14.1. The number of aromatic nitrogens is 2. The van der Waals surface area contributed by atoms with Crippen LogP contribution < -0.4 is 10.6 Å². The van der Waals surface area contributed by atoms with Gasteiger partial charge in [-0.05, 0) is 37.1 Å². The Bertz CT molecular complexity index is 766. The molecule has 1 aliphatic rings. The third-order valence-electron chi connectivity index (χ3n) is 3.55. The van der Waals surface area contributed by atoms with Gasteiger partial charge in [0.25, 0.3) is 0 Å². The fourth-order valence-corrected chi connectivity index (χ4v) is 2.31. The average molecular weight is 276 g/mol. The Kier molecular flexibility index (Phi) is 2.92. The summed E-state index contributed by atoms with van der Waals surface area (Å²) < 4.78 is 0. The molecule has 0 bridgehead atoms. The van der Waals surface area contributed by atoms with Crippen LogP contribution in [0.25, 0.3) is 10.9 Å². The predicted molar refractivity (Wildman–Crippen MR) is 85.9 cm³/mol. The quantitative estimate of drug-likeness (QED) is 0.757. The van der Waals surface area contributed by atoms with Crippen LogP contribution in [0.15, 0.2) is 54.6 Å². The highest BCUT2D eigenvalue weighted by Crippen LogP contribution is 2.29. The number of hydrogen-bond donors (Lipinski definition) is 2. The Labute approximate surface area is 123 Å². The molecule has 3 aromatic rings. The van der Waals surface area contributed by atoms with Crippen LogP contribution in [0.3, 0.4) is 0 Å². The van der Waals surface area contributed by atoms with Crippen LogP contribution in [-0.2, 0) is 0 Å². The van der Waals surface area contributed by atoms with Crippen LogP contribution in [0.5, 0.6) is 0 Å². The number of benzene rings is 2. The predicted octanol–water partition coefficient (Wildman–Crippen LogP) is 3.95. The Balaban J connectivity index is 1.74. The van der Waals surface area contributed by atoms with E-state index in [9.17, 15) is 0 Å². The second kappa shape index (κ2) is 5.05. The van der Waals surface area contributed by atoms with Crippen LogP contribution in [0, 0.1) is 0 Å². The van der Waals surface area contributed by atoms with Gasteiger partial charge in [-0.1, -0.05) is 30.3 Å². The van der Waals surface area contributed by atoms with Gasteiger partial charge >= 0.3 is 0 Å². The molecule has 21 heavy (non-hydrogen) atoms. The minimum absolute atomic E-state index is 0.563. The Morgan fingerprint density at radius 2 is 1.62 bits per heavy atom. The van der Waals surface area contributed by atoms with E-state index in [0.717, 1.165) is 22.4 Å². The van der Waals surface area contributed by atoms with E-state index >= 15 is 0 Å². The molecule has 1 saturated carbocycles. The van der Waals surface area contributed by atoms with Gasteiger partial charge in [0.05, 0.1) is 5.52 Å². The molecular formula is C17H16N4. The molecule has 0 radical (unpaired) electrons. The van der Waals surface area contributed by atoms with Gasteiger partial charge < -0.3 is 10.6 Å². The van der Waals surface area contributed by atoms with Crippen molar-refractivity contribution < 1.29 is 0 Å². The van der Waals surface area contributed by atoms with Crippen LogP contribution in [0.4, 0.5) is 17.5 Å². The third-order valence-corrected chi connectivity index (χ3v) is 3.55. The van der Waals surface area contributed by atoms with E-state index in [1.807, 2.05) is 48.5 Å². The number of para-hydroxylation sites is 2. The highest BCUT2D eigenvalue weighted by atomic mass is 15.2. The highest BCUT2D eigenvalue weighted by Gasteiger charge is 2.22. The molecule has 104 valence electrons. The van der Waals surface area contributed by atoms with E-state index in [1.165, 1.54) is 12.8 Å². The smallest absolute Gasteiger partial charge is 0.229 e. The summed E-state index contributed by atoms with van der Waals surface area (Å²) in [6.45, 7) is 0. The molecule has 0 saturated heterocycles. The third kappa shape index (κ3) is 2.65. The molecule has 0 amide bonds. The second-order valence-electron chi connectivity index (χ2n) is 5.32. The minimum Gasteiger partial charge on any atom is -0.367 e. The molecule has 1 heterocycles. The molecule has 0 unspecified atom stereocenters. The van der Waals surface area contributed by atoms with Crippen LogP contribution >= 0.6 is 0 Å². The maximum Gasteiger partial charge on any atom is 0.229 e. The first-order valence-electron chi connectivity index (χ1n) is 7.24. The van der Waals surface area contributed by atoms with Crippen LogP contribution in [0.2, 0.25) is 0 Å². The maximum absolute atomic E-state index is 4.64. The Morgan fingerprint density at radius 1 is 0.857 bits per heavy atom. The molecule has 2 aromatic carbocycles. The number of hydrogen-bond acceptors (Lipinski definition) is 4. The van der Waals surface area contributed by atoms with Gasteiger partial charge in [-0.25, -0.2) is 4.98 Å². The fourth-order valence-electron chi connectivity index (χ4n) is 2.31. The van der Waals surface area contributed by atoms with Crippen molar-refractivity contribution in [2.24, 2.45) is 0 Å². The van der Waals surface area contributed by atoms with Gasteiger partial charge in [-0.2, -0.15) is 4.98 Å². The molecule has 1 aromatic heterocycles. The summed E-state index contributed by atoms with van der Waals surface area (Å²) in [7, 11) is 0. The first kappa shape index (κ1) is 12.1. The molecular weight excluding hydrogens is 260 g/mol. The van der Waals surface area contributed by atoms with Crippen molar-refractivity contribution >= 4 is 28.4 Å². The first-order chi connectivity index (χ1) is 10.4. The van der Waals surface area contributed by atoms with E-state index in [4.69, 9.17) is 0 Å². The Hall–Kier alpha value is -2.62. The van der Waals surface area contributed by atoms with Gasteiger partial charge in [0.2, 0.25) is 5.95 Å². The van der Waals surface area contributed by atoms with Gasteiger partial charge in [0.15, 0.2) is 0 Å². The van der Waals surface area contributed by atoms with E-state index in [0.29, 0.717) is 12.0 Å². The lowest BCUT2D eigenvalue weighted by Crippen LogP contribution is -2.07. The summed E-state index contributed by atoms with van der Waals surface area (Å²) in [5.74, 6) is 1.55. The van der Waals surface area contributed by atoms with Gasteiger partial charge in [0, 0.05) is 17.1 Å². The van der Waals surface area contributed by atoms with Crippen molar-refractivity contribution in [1.82, 2.24) is 9.97 Å². The summed E-state index contributed by atoms with van der Waals surface area (Å²) in [6, 6.07) is 18.7. The molecule has 1 fully saturated rings. The van der Waals surface area contributed by atoms with Gasteiger partial charge in [0.1, 0.15) is 5.82 Å². The largest absolute Gasteiger partial charge is 0.367 e. The molecule has 1 aliphatic carbocycles. The number of fused-ring (bicyclic) bond motifs is 1. The molecule has 4 heteroatoms. The van der Waals surface area contributed by atoms with E-state index in [2.05, 4.69) is 26.7 Å². The highest BCUT2D eigenvalue weighted by molar-refractivity contribution is 5.90. The summed E-state index contributed by atoms with van der Waals surface area (Å²) in [4.78, 5) is 9.24. The molecule has 0 atom stereocenters. The SMILES string of the molecule is c1ccc(Nc2nc(NC3CC3)c3ccccc3n2)cc1. The minimum atomic E-state index is 0.563. The van der Waals surface area contributed by atoms with Crippen molar-refractivity contribution in [1.29, 1.82) is 0 Å². The van der Waals surface area contributed by atoms with E-state index in [-0.39, 0.29) is 0 Å².